The zero-order valence-electron chi connectivity index (χ0n) is 18.9. The molecule has 3 aliphatic rings. The van der Waals surface area contributed by atoms with E-state index in [1.165, 1.54) is 5.56 Å². The Hall–Kier alpha value is -1.49. The van der Waals surface area contributed by atoms with Crippen molar-refractivity contribution in [2.75, 3.05) is 13.1 Å². The highest BCUT2D eigenvalue weighted by atomic mass is 19.3. The monoisotopic (exact) mass is 420 g/mol. The van der Waals surface area contributed by atoms with Crippen molar-refractivity contribution in [2.24, 2.45) is 17.3 Å². The van der Waals surface area contributed by atoms with Crippen molar-refractivity contribution in [3.8, 4) is 0 Å². The van der Waals surface area contributed by atoms with E-state index in [0.29, 0.717) is 18.4 Å². The molecule has 5 atom stereocenters. The molecule has 1 aromatic rings. The smallest absolute Gasteiger partial charge is 0.280 e. The van der Waals surface area contributed by atoms with Gasteiger partial charge in [-0.15, -0.1) is 0 Å². The first-order valence-corrected chi connectivity index (χ1v) is 11.7. The van der Waals surface area contributed by atoms with Crippen molar-refractivity contribution in [1.82, 2.24) is 10.6 Å². The van der Waals surface area contributed by atoms with Crippen LogP contribution < -0.4 is 10.6 Å². The van der Waals surface area contributed by atoms with E-state index < -0.39 is 17.4 Å². The first kappa shape index (κ1) is 23.2. The Morgan fingerprint density at radius 1 is 1.13 bits per heavy atom. The quantitative estimate of drug-likeness (QED) is 0.697. The van der Waals surface area contributed by atoms with Gasteiger partial charge in [-0.25, -0.2) is 8.78 Å². The van der Waals surface area contributed by atoms with Crippen molar-refractivity contribution in [1.29, 1.82) is 0 Å². The number of alkyl halides is 2. The van der Waals surface area contributed by atoms with Gasteiger partial charge >= 0.3 is 0 Å². The number of rotatable bonds is 3. The molecule has 0 spiro atoms. The lowest BCUT2D eigenvalue weighted by Crippen LogP contribution is -2.60. The van der Waals surface area contributed by atoms with Crippen LogP contribution in [-0.2, 0) is 10.2 Å². The summed E-state index contributed by atoms with van der Waals surface area (Å²) in [5, 5.41) is 5.49. The first-order valence-electron chi connectivity index (χ1n) is 11.7. The third-order valence-corrected chi connectivity index (χ3v) is 7.34. The second kappa shape index (κ2) is 8.94. The summed E-state index contributed by atoms with van der Waals surface area (Å²) in [6, 6.07) is 9.46. The number of carbonyl (C=O) groups is 1. The van der Waals surface area contributed by atoms with Crippen LogP contribution in [0, 0.1) is 17.3 Å². The van der Waals surface area contributed by atoms with E-state index in [1.54, 1.807) is 0 Å². The lowest BCUT2D eigenvalue weighted by atomic mass is 9.50. The van der Waals surface area contributed by atoms with Crippen molar-refractivity contribution < 1.29 is 13.6 Å². The van der Waals surface area contributed by atoms with E-state index in [9.17, 15) is 13.6 Å². The summed E-state index contributed by atoms with van der Waals surface area (Å²) in [5.41, 5.74) is 0.683. The molecule has 2 N–H and O–H groups in total. The molecule has 2 aliphatic carbocycles. The Bertz CT molecular complexity index is 721. The molecule has 0 radical (unpaired) electrons. The number of amides is 1. The Morgan fingerprint density at radius 2 is 1.83 bits per heavy atom. The summed E-state index contributed by atoms with van der Waals surface area (Å²) in [6.07, 6.45) is 5.12. The normalized spacial score (nSPS) is 37.5. The highest BCUT2D eigenvalue weighted by molar-refractivity contribution is 5.83. The van der Waals surface area contributed by atoms with Crippen LogP contribution in [0.25, 0.3) is 0 Å². The Labute approximate surface area is 180 Å². The summed E-state index contributed by atoms with van der Waals surface area (Å²) in [6.45, 7) is 8.47. The maximum Gasteiger partial charge on any atom is 0.280 e. The average molecular weight is 421 g/mol. The standard InChI is InChI=1S/C23H32F2N2O.C2H6/c1-16-10-17-12-21(2,20(28)27-19-8-9-26-15-23(19,24)25)14-22(11-16,13-17)18-6-4-3-5-7-18;1-2/h3-7,16-17,19,26H,8-15H2,1-2H3,(H,27,28);1-2H3. The molecule has 0 aromatic heterocycles. The lowest BCUT2D eigenvalue weighted by molar-refractivity contribution is -0.142. The van der Waals surface area contributed by atoms with Crippen molar-refractivity contribution >= 4 is 5.91 Å². The molecule has 1 amide bonds. The number of hydrogen-bond donors (Lipinski definition) is 2. The number of nitrogens with one attached hydrogen (secondary N) is 2. The number of benzene rings is 1. The minimum Gasteiger partial charge on any atom is -0.347 e. The van der Waals surface area contributed by atoms with Gasteiger partial charge in [-0.3, -0.25) is 4.79 Å². The van der Waals surface area contributed by atoms with Gasteiger partial charge in [0.1, 0.15) is 0 Å². The molecule has 2 bridgehead atoms. The van der Waals surface area contributed by atoms with Gasteiger partial charge in [-0.05, 0) is 67.9 Å². The Morgan fingerprint density at radius 3 is 2.50 bits per heavy atom. The van der Waals surface area contributed by atoms with Crippen LogP contribution >= 0.6 is 0 Å². The van der Waals surface area contributed by atoms with E-state index >= 15 is 0 Å². The molecule has 1 heterocycles. The van der Waals surface area contributed by atoms with Gasteiger partial charge in [0.15, 0.2) is 0 Å². The van der Waals surface area contributed by atoms with Crippen LogP contribution in [-0.4, -0.2) is 31.0 Å². The van der Waals surface area contributed by atoms with Gasteiger partial charge in [0.2, 0.25) is 5.91 Å². The van der Waals surface area contributed by atoms with Crippen molar-refractivity contribution in [2.45, 2.75) is 83.6 Å². The van der Waals surface area contributed by atoms with Crippen molar-refractivity contribution in [3.05, 3.63) is 35.9 Å². The molecule has 1 aliphatic heterocycles. The largest absolute Gasteiger partial charge is 0.347 e. The van der Waals surface area contributed by atoms with E-state index in [-0.39, 0.29) is 24.3 Å². The summed E-state index contributed by atoms with van der Waals surface area (Å²) >= 11 is 0. The van der Waals surface area contributed by atoms with Crippen LogP contribution in [0.3, 0.4) is 0 Å². The second-order valence-corrected chi connectivity index (χ2v) is 9.96. The van der Waals surface area contributed by atoms with Gasteiger partial charge in [0.05, 0.1) is 12.6 Å². The molecule has 168 valence electrons. The molecule has 1 saturated heterocycles. The van der Waals surface area contributed by atoms with Crippen LogP contribution in [0.5, 0.6) is 0 Å². The van der Waals surface area contributed by atoms with Gasteiger partial charge in [0, 0.05) is 5.41 Å². The summed E-state index contributed by atoms with van der Waals surface area (Å²) < 4.78 is 28.5. The fraction of sp³-hybridized carbons (Fsp3) is 0.720. The molecule has 3 nitrogen and oxygen atoms in total. The molecule has 5 heteroatoms. The molecule has 1 aromatic carbocycles. The second-order valence-electron chi connectivity index (χ2n) is 9.96. The number of piperidine rings is 1. The highest BCUT2D eigenvalue weighted by Crippen LogP contribution is 2.58. The zero-order valence-corrected chi connectivity index (χ0v) is 18.9. The predicted molar refractivity (Wildman–Crippen MR) is 118 cm³/mol. The van der Waals surface area contributed by atoms with Crippen LogP contribution in [0.2, 0.25) is 0 Å². The SMILES string of the molecule is CC.CC1CC2CC(C)(C(=O)NC3CCNCC3(F)F)CC(c3ccccc3)(C1)C2. The molecule has 3 fully saturated rings. The van der Waals surface area contributed by atoms with Crippen LogP contribution in [0.1, 0.15) is 71.8 Å². The van der Waals surface area contributed by atoms with E-state index in [1.807, 2.05) is 26.8 Å². The molecular formula is C25H38F2N2O. The third-order valence-electron chi connectivity index (χ3n) is 7.34. The number of fused-ring (bicyclic) bond motifs is 2. The number of halogens is 2. The summed E-state index contributed by atoms with van der Waals surface area (Å²) in [5.74, 6) is -1.97. The Balaban J connectivity index is 0.00000124. The first-order chi connectivity index (χ1) is 14.2. The fourth-order valence-electron chi connectivity index (χ4n) is 6.44. The minimum absolute atomic E-state index is 0.0232. The minimum atomic E-state index is -2.89. The van der Waals surface area contributed by atoms with Gasteiger partial charge in [-0.1, -0.05) is 58.0 Å². The highest BCUT2D eigenvalue weighted by Gasteiger charge is 2.54. The number of carbonyl (C=O) groups excluding carboxylic acids is 1. The van der Waals surface area contributed by atoms with Gasteiger partial charge < -0.3 is 10.6 Å². The van der Waals surface area contributed by atoms with Crippen molar-refractivity contribution in [3.63, 3.8) is 0 Å². The number of hydrogen-bond acceptors (Lipinski definition) is 2. The molecule has 4 rings (SSSR count). The molecule has 5 unspecified atom stereocenters. The Kier molecular flexibility index (Phi) is 6.91. The van der Waals surface area contributed by atoms with E-state index in [2.05, 4.69) is 41.8 Å². The third kappa shape index (κ3) is 4.56. The zero-order chi connectivity index (χ0) is 22.0. The summed E-state index contributed by atoms with van der Waals surface area (Å²) in [7, 11) is 0. The van der Waals surface area contributed by atoms with E-state index in [4.69, 9.17) is 0 Å². The van der Waals surface area contributed by atoms with Gasteiger partial charge in [0.25, 0.3) is 5.92 Å². The summed E-state index contributed by atoms with van der Waals surface area (Å²) in [4.78, 5) is 13.3. The lowest BCUT2D eigenvalue weighted by Gasteiger charge is -2.54. The van der Waals surface area contributed by atoms with Crippen LogP contribution in [0.15, 0.2) is 30.3 Å². The maximum atomic E-state index is 14.3. The molecule has 30 heavy (non-hydrogen) atoms. The van der Waals surface area contributed by atoms with Gasteiger partial charge in [-0.2, -0.15) is 0 Å². The fourth-order valence-corrected chi connectivity index (χ4v) is 6.44. The van der Waals surface area contributed by atoms with Crippen LogP contribution in [0.4, 0.5) is 8.78 Å². The maximum absolute atomic E-state index is 14.3. The average Bonchev–Trinajstić information content (AvgIpc) is 2.70. The topological polar surface area (TPSA) is 41.1 Å². The van der Waals surface area contributed by atoms with E-state index in [0.717, 1.165) is 32.1 Å². The predicted octanol–water partition coefficient (Wildman–Crippen LogP) is 5.30. The molecule has 2 saturated carbocycles. The molecular weight excluding hydrogens is 382 g/mol.